The molecule has 0 radical (unpaired) electrons. The molecule has 37 heavy (non-hydrogen) atoms. The summed E-state index contributed by atoms with van der Waals surface area (Å²) in [4.78, 5) is 10.7. The van der Waals surface area contributed by atoms with Gasteiger partial charge in [-0.3, -0.25) is 4.98 Å². The molecule has 0 amide bonds. The lowest BCUT2D eigenvalue weighted by Gasteiger charge is -2.14. The van der Waals surface area contributed by atoms with Crippen LogP contribution in [0.3, 0.4) is 0 Å². The first-order valence-electron chi connectivity index (χ1n) is 12.1. The Morgan fingerprint density at radius 1 is 0.865 bits per heavy atom. The van der Waals surface area contributed by atoms with Crippen LogP contribution in [0.4, 0.5) is 0 Å². The molecular weight excluding hydrogens is 521 g/mol. The number of fused-ring (bicyclic) bond motifs is 1. The zero-order valence-electron chi connectivity index (χ0n) is 20.7. The Kier molecular flexibility index (Phi) is 8.16. The fraction of sp³-hybridized carbons (Fsp3) is 0.200. The number of halogens is 2. The number of hydrogen-bond acceptors (Lipinski definition) is 4. The van der Waals surface area contributed by atoms with Gasteiger partial charge in [0.2, 0.25) is 0 Å². The van der Waals surface area contributed by atoms with Gasteiger partial charge < -0.3 is 9.30 Å². The molecule has 0 spiro atoms. The van der Waals surface area contributed by atoms with Crippen molar-refractivity contribution in [2.24, 2.45) is 0 Å². The second kappa shape index (κ2) is 11.7. The molecule has 5 rings (SSSR count). The molecule has 2 heterocycles. The fourth-order valence-corrected chi connectivity index (χ4v) is 6.10. The summed E-state index contributed by atoms with van der Waals surface area (Å²) in [7, 11) is 0. The maximum absolute atomic E-state index is 6.33. The number of rotatable bonds is 9. The Hall–Kier alpha value is -2.83. The Morgan fingerprint density at radius 2 is 1.59 bits per heavy atom. The minimum absolute atomic E-state index is 0.223. The van der Waals surface area contributed by atoms with Gasteiger partial charge in [0, 0.05) is 26.5 Å². The lowest BCUT2D eigenvalue weighted by atomic mass is 10.1. The molecule has 0 aliphatic heterocycles. The molecule has 0 aliphatic carbocycles. The van der Waals surface area contributed by atoms with Crippen LogP contribution in [0, 0.1) is 0 Å². The molecule has 4 nitrogen and oxygen atoms in total. The van der Waals surface area contributed by atoms with E-state index in [9.17, 15) is 0 Å². The number of imidazole rings is 1. The van der Waals surface area contributed by atoms with Crippen LogP contribution < -0.4 is 0 Å². The van der Waals surface area contributed by atoms with E-state index in [-0.39, 0.29) is 5.92 Å². The predicted molar refractivity (Wildman–Crippen MR) is 153 cm³/mol. The molecule has 0 unspecified atom stereocenters. The molecule has 0 atom stereocenters. The largest absolute Gasteiger partial charge is 0.369 e. The monoisotopic (exact) mass is 547 g/mol. The molecule has 0 aliphatic rings. The summed E-state index contributed by atoms with van der Waals surface area (Å²) in [6.45, 7) is 5.86. The maximum atomic E-state index is 6.33. The first-order chi connectivity index (χ1) is 18.0. The van der Waals surface area contributed by atoms with Crippen molar-refractivity contribution in [3.8, 4) is 0 Å². The minimum atomic E-state index is 0.223. The Balaban J connectivity index is 1.52. The lowest BCUT2D eigenvalue weighted by Crippen LogP contribution is -2.09. The first kappa shape index (κ1) is 25.8. The summed E-state index contributed by atoms with van der Waals surface area (Å²) >= 11 is 14.3. The van der Waals surface area contributed by atoms with Crippen molar-refractivity contribution in [2.45, 2.75) is 49.4 Å². The summed E-state index contributed by atoms with van der Waals surface area (Å²) in [5.41, 5.74) is 4.23. The third kappa shape index (κ3) is 6.36. The predicted octanol–water partition coefficient (Wildman–Crippen LogP) is 8.78. The van der Waals surface area contributed by atoms with E-state index in [4.69, 9.17) is 32.9 Å². The highest BCUT2D eigenvalue weighted by Gasteiger charge is 2.21. The Bertz CT molecular complexity index is 1500. The summed E-state index contributed by atoms with van der Waals surface area (Å²) in [6, 6.07) is 26.2. The van der Waals surface area contributed by atoms with E-state index >= 15 is 0 Å². The second-order valence-electron chi connectivity index (χ2n) is 9.18. The highest BCUT2D eigenvalue weighted by Crippen LogP contribution is 2.38. The van der Waals surface area contributed by atoms with Gasteiger partial charge in [-0.1, -0.05) is 97.3 Å². The molecule has 0 bridgehead atoms. The third-order valence-corrected chi connectivity index (χ3v) is 7.48. The van der Waals surface area contributed by atoms with Gasteiger partial charge in [0.25, 0.3) is 0 Å². The van der Waals surface area contributed by atoms with Crippen LogP contribution in [0.5, 0.6) is 0 Å². The molecule has 0 N–H and O–H groups in total. The normalized spacial score (nSPS) is 11.5. The van der Waals surface area contributed by atoms with Crippen molar-refractivity contribution in [2.75, 3.05) is 0 Å². The SMILES string of the molecule is CC(C)c1nc(COCc2ccccc2)n(Cc2cnc3ccccc3c2)c1Sc1cc(Cl)cc(Cl)c1. The highest BCUT2D eigenvalue weighted by molar-refractivity contribution is 7.99. The Morgan fingerprint density at radius 3 is 2.35 bits per heavy atom. The Labute approximate surface area is 231 Å². The van der Waals surface area contributed by atoms with E-state index < -0.39 is 0 Å². The van der Waals surface area contributed by atoms with Crippen molar-refractivity contribution in [1.82, 2.24) is 14.5 Å². The number of para-hydroxylation sites is 1. The second-order valence-corrected chi connectivity index (χ2v) is 11.1. The van der Waals surface area contributed by atoms with E-state index in [1.165, 1.54) is 0 Å². The molecule has 0 fully saturated rings. The molecule has 3 aromatic carbocycles. The highest BCUT2D eigenvalue weighted by atomic mass is 35.5. The lowest BCUT2D eigenvalue weighted by molar-refractivity contribution is 0.0991. The van der Waals surface area contributed by atoms with Crippen LogP contribution in [0.2, 0.25) is 10.0 Å². The van der Waals surface area contributed by atoms with E-state index in [0.29, 0.717) is 29.8 Å². The maximum Gasteiger partial charge on any atom is 0.136 e. The van der Waals surface area contributed by atoms with E-state index in [1.807, 2.05) is 54.7 Å². The van der Waals surface area contributed by atoms with Gasteiger partial charge in [-0.25, -0.2) is 4.98 Å². The number of benzene rings is 3. The number of aromatic nitrogens is 3. The third-order valence-electron chi connectivity index (χ3n) is 5.95. The zero-order valence-corrected chi connectivity index (χ0v) is 23.0. The van der Waals surface area contributed by atoms with Gasteiger partial charge in [-0.2, -0.15) is 0 Å². The smallest absolute Gasteiger partial charge is 0.136 e. The summed E-state index contributed by atoms with van der Waals surface area (Å²) in [6.07, 6.45) is 1.94. The summed E-state index contributed by atoms with van der Waals surface area (Å²) in [5.74, 6) is 1.10. The van der Waals surface area contributed by atoms with Crippen LogP contribution in [0.25, 0.3) is 10.9 Å². The van der Waals surface area contributed by atoms with Gasteiger partial charge in [-0.05, 0) is 47.4 Å². The van der Waals surface area contributed by atoms with E-state index in [2.05, 4.69) is 47.7 Å². The van der Waals surface area contributed by atoms with E-state index in [0.717, 1.165) is 43.5 Å². The van der Waals surface area contributed by atoms with Gasteiger partial charge >= 0.3 is 0 Å². The van der Waals surface area contributed by atoms with Crippen molar-refractivity contribution in [3.63, 3.8) is 0 Å². The van der Waals surface area contributed by atoms with Gasteiger partial charge in [-0.15, -0.1) is 0 Å². The number of pyridine rings is 1. The minimum Gasteiger partial charge on any atom is -0.369 e. The van der Waals surface area contributed by atoms with Crippen LogP contribution in [0.15, 0.2) is 95.0 Å². The average Bonchev–Trinajstić information content (AvgIpc) is 3.21. The number of ether oxygens (including phenoxy) is 1. The topological polar surface area (TPSA) is 39.9 Å². The quantitative estimate of drug-likeness (QED) is 0.185. The molecule has 0 saturated heterocycles. The molecule has 5 aromatic rings. The van der Waals surface area contributed by atoms with Gasteiger partial charge in [0.05, 0.1) is 24.4 Å². The molecule has 188 valence electrons. The van der Waals surface area contributed by atoms with E-state index in [1.54, 1.807) is 17.8 Å². The zero-order chi connectivity index (χ0) is 25.8. The first-order valence-corrected chi connectivity index (χ1v) is 13.7. The number of hydrogen-bond donors (Lipinski definition) is 0. The fourth-order valence-electron chi connectivity index (χ4n) is 4.18. The van der Waals surface area contributed by atoms with Crippen molar-refractivity contribution in [3.05, 3.63) is 118 Å². The molecule has 0 saturated carbocycles. The van der Waals surface area contributed by atoms with Crippen molar-refractivity contribution >= 4 is 45.9 Å². The molecule has 2 aromatic heterocycles. The summed E-state index contributed by atoms with van der Waals surface area (Å²) in [5, 5.41) is 3.39. The van der Waals surface area contributed by atoms with Crippen molar-refractivity contribution < 1.29 is 4.74 Å². The van der Waals surface area contributed by atoms with Crippen LogP contribution in [0.1, 0.15) is 42.4 Å². The standard InChI is InChI=1S/C30H27Cl2N3OS/c1-20(2)29-30(37-26-14-24(31)13-25(32)15-26)35(17-22-12-23-10-6-7-11-27(23)33-16-22)28(34-29)19-36-18-21-8-4-3-5-9-21/h3-16,20H,17-19H2,1-2H3. The molecule has 7 heteroatoms. The number of nitrogens with zero attached hydrogens (tertiary/aromatic N) is 3. The van der Waals surface area contributed by atoms with Crippen molar-refractivity contribution in [1.29, 1.82) is 0 Å². The average molecular weight is 549 g/mol. The van der Waals surface area contributed by atoms with Crippen LogP contribution >= 0.6 is 35.0 Å². The van der Waals surface area contributed by atoms with Gasteiger partial charge in [0.15, 0.2) is 0 Å². The van der Waals surface area contributed by atoms with Gasteiger partial charge in [0.1, 0.15) is 17.5 Å². The van der Waals surface area contributed by atoms with Crippen LogP contribution in [-0.2, 0) is 24.5 Å². The summed E-state index contributed by atoms with van der Waals surface area (Å²) < 4.78 is 8.38. The molecular formula is C30H27Cl2N3OS. The van der Waals surface area contributed by atoms with Crippen LogP contribution in [-0.4, -0.2) is 14.5 Å².